The Labute approximate surface area is 130 Å². The Morgan fingerprint density at radius 1 is 1.48 bits per heavy atom. The van der Waals surface area contributed by atoms with Crippen LogP contribution in [0.3, 0.4) is 0 Å². The van der Waals surface area contributed by atoms with E-state index < -0.39 is 0 Å². The fraction of sp³-hybridized carbons (Fsp3) is 0.500. The molecule has 0 amide bonds. The highest BCUT2D eigenvalue weighted by molar-refractivity contribution is 6.32. The lowest BCUT2D eigenvalue weighted by atomic mass is 9.98. The Hall–Kier alpha value is -1.55. The van der Waals surface area contributed by atoms with Crippen LogP contribution in [0.1, 0.15) is 45.1 Å². The summed E-state index contributed by atoms with van der Waals surface area (Å²) in [7, 11) is 0. The maximum absolute atomic E-state index is 10.1. The topological polar surface area (TPSA) is 59.7 Å². The number of hydrogen-bond donors (Lipinski definition) is 2. The molecule has 2 rings (SSSR count). The minimum Gasteiger partial charge on any atom is -0.506 e. The zero-order valence-corrected chi connectivity index (χ0v) is 13.3. The third-order valence-corrected chi connectivity index (χ3v) is 4.04. The Morgan fingerprint density at radius 2 is 2.24 bits per heavy atom. The molecule has 0 fully saturated rings. The van der Waals surface area contributed by atoms with Crippen molar-refractivity contribution in [1.82, 2.24) is 5.01 Å². The van der Waals surface area contributed by atoms with Crippen LogP contribution in [-0.2, 0) is 0 Å². The van der Waals surface area contributed by atoms with Crippen LogP contribution in [0.2, 0.25) is 5.02 Å². The molecule has 0 aromatic heterocycles. The van der Waals surface area contributed by atoms with E-state index in [1.165, 1.54) is 0 Å². The molecule has 1 atom stereocenters. The molecule has 0 saturated heterocycles. The number of phenolic OH excluding ortho intramolecular Hbond substituents is 1. The molecule has 21 heavy (non-hydrogen) atoms. The lowest BCUT2D eigenvalue weighted by Gasteiger charge is -2.15. The fourth-order valence-corrected chi connectivity index (χ4v) is 2.67. The van der Waals surface area contributed by atoms with Gasteiger partial charge in [-0.3, -0.25) is 10.4 Å². The van der Waals surface area contributed by atoms with E-state index in [0.717, 1.165) is 31.4 Å². The summed E-state index contributed by atoms with van der Waals surface area (Å²) in [6, 6.07) is 5.29. The zero-order chi connectivity index (χ0) is 15.4. The molecule has 0 bridgehead atoms. The van der Waals surface area contributed by atoms with Gasteiger partial charge < -0.3 is 5.11 Å². The third kappa shape index (κ3) is 3.56. The van der Waals surface area contributed by atoms with E-state index in [1.54, 1.807) is 11.1 Å². The number of amidine groups is 1. The largest absolute Gasteiger partial charge is 0.506 e. The van der Waals surface area contributed by atoms with Crippen molar-refractivity contribution >= 4 is 23.1 Å². The standard InChI is InChI=1S/C16H22ClN3O/c1-3-4-5-9-14(18)20-10-11(2)15(19-20)12-7-6-8-13(17)16(12)21/h6-8,11,18,21H,3-5,9-10H2,1-2H3. The van der Waals surface area contributed by atoms with E-state index in [2.05, 4.69) is 18.9 Å². The average molecular weight is 308 g/mol. The van der Waals surface area contributed by atoms with Crippen LogP contribution in [-0.4, -0.2) is 28.2 Å². The van der Waals surface area contributed by atoms with Gasteiger partial charge in [0.05, 0.1) is 17.3 Å². The number of halogens is 1. The van der Waals surface area contributed by atoms with Crippen molar-refractivity contribution in [2.24, 2.45) is 11.0 Å². The van der Waals surface area contributed by atoms with Crippen molar-refractivity contribution in [3.8, 4) is 5.75 Å². The van der Waals surface area contributed by atoms with Gasteiger partial charge in [-0.15, -0.1) is 0 Å². The molecule has 1 aromatic rings. The van der Waals surface area contributed by atoms with Crippen LogP contribution in [0.15, 0.2) is 23.3 Å². The summed E-state index contributed by atoms with van der Waals surface area (Å²) in [6.45, 7) is 4.89. The lowest BCUT2D eigenvalue weighted by molar-refractivity contribution is 0.440. The number of nitrogens with zero attached hydrogens (tertiary/aromatic N) is 2. The molecule has 4 nitrogen and oxygen atoms in total. The average Bonchev–Trinajstić information content (AvgIpc) is 2.84. The Morgan fingerprint density at radius 3 is 2.95 bits per heavy atom. The second kappa shape index (κ2) is 6.94. The molecule has 1 aliphatic rings. The number of hydrazone groups is 1. The molecule has 2 N–H and O–H groups in total. The predicted molar refractivity (Wildman–Crippen MR) is 87.4 cm³/mol. The van der Waals surface area contributed by atoms with Crippen molar-refractivity contribution < 1.29 is 5.11 Å². The zero-order valence-electron chi connectivity index (χ0n) is 12.6. The monoisotopic (exact) mass is 307 g/mol. The fourth-order valence-electron chi connectivity index (χ4n) is 2.50. The summed E-state index contributed by atoms with van der Waals surface area (Å²) >= 11 is 5.96. The van der Waals surface area contributed by atoms with E-state index >= 15 is 0 Å². The first-order valence-electron chi connectivity index (χ1n) is 7.45. The second-order valence-corrected chi connectivity index (χ2v) is 5.92. The van der Waals surface area contributed by atoms with Gasteiger partial charge in [-0.25, -0.2) is 0 Å². The summed E-state index contributed by atoms with van der Waals surface area (Å²) in [6.07, 6.45) is 4.05. The molecular weight excluding hydrogens is 286 g/mol. The normalized spacial score (nSPS) is 18.0. The van der Waals surface area contributed by atoms with Crippen molar-refractivity contribution in [2.75, 3.05) is 6.54 Å². The summed E-state index contributed by atoms with van der Waals surface area (Å²) in [5.74, 6) is 0.789. The van der Waals surface area contributed by atoms with E-state index in [1.807, 2.05) is 12.1 Å². The number of phenols is 1. The number of benzene rings is 1. The van der Waals surface area contributed by atoms with Crippen molar-refractivity contribution in [1.29, 1.82) is 5.41 Å². The molecule has 0 spiro atoms. The SMILES string of the molecule is CCCCCC(=N)N1CC(C)C(c2cccc(Cl)c2O)=N1. The van der Waals surface area contributed by atoms with E-state index in [-0.39, 0.29) is 11.7 Å². The molecule has 1 aromatic carbocycles. The predicted octanol–water partition coefficient (Wildman–Crippen LogP) is 4.26. The van der Waals surface area contributed by atoms with E-state index in [9.17, 15) is 5.11 Å². The van der Waals surface area contributed by atoms with Crippen LogP contribution >= 0.6 is 11.6 Å². The molecule has 1 aliphatic heterocycles. The number of aromatic hydroxyl groups is 1. The smallest absolute Gasteiger partial charge is 0.143 e. The van der Waals surface area contributed by atoms with Gasteiger partial charge in [0.25, 0.3) is 0 Å². The number of hydrogen-bond acceptors (Lipinski definition) is 3. The first kappa shape index (κ1) is 15.8. The summed E-state index contributed by atoms with van der Waals surface area (Å²) in [5, 5.41) is 24.8. The first-order chi connectivity index (χ1) is 10.0. The maximum atomic E-state index is 10.1. The van der Waals surface area contributed by atoms with Crippen LogP contribution in [0.5, 0.6) is 5.75 Å². The van der Waals surface area contributed by atoms with Gasteiger partial charge in [0.15, 0.2) is 0 Å². The van der Waals surface area contributed by atoms with E-state index in [4.69, 9.17) is 17.0 Å². The minimum atomic E-state index is 0.0733. The van der Waals surface area contributed by atoms with Gasteiger partial charge in [-0.2, -0.15) is 5.10 Å². The van der Waals surface area contributed by atoms with Crippen LogP contribution < -0.4 is 0 Å². The molecule has 114 valence electrons. The van der Waals surface area contributed by atoms with Gasteiger partial charge in [-0.1, -0.05) is 44.4 Å². The molecule has 0 saturated carbocycles. The van der Waals surface area contributed by atoms with E-state index in [0.29, 0.717) is 23.0 Å². The molecular formula is C16H22ClN3O. The first-order valence-corrected chi connectivity index (χ1v) is 7.83. The highest BCUT2D eigenvalue weighted by Gasteiger charge is 2.28. The molecule has 0 radical (unpaired) electrons. The quantitative estimate of drug-likeness (QED) is 0.485. The van der Waals surface area contributed by atoms with Crippen LogP contribution in [0.4, 0.5) is 0 Å². The van der Waals surface area contributed by atoms with Crippen LogP contribution in [0.25, 0.3) is 0 Å². The molecule has 5 heteroatoms. The van der Waals surface area contributed by atoms with Gasteiger partial charge in [-0.05, 0) is 18.6 Å². The summed E-state index contributed by atoms with van der Waals surface area (Å²) < 4.78 is 0. The third-order valence-electron chi connectivity index (χ3n) is 3.73. The molecule has 1 unspecified atom stereocenters. The van der Waals surface area contributed by atoms with Crippen molar-refractivity contribution in [3.05, 3.63) is 28.8 Å². The Kier molecular flexibility index (Phi) is 5.23. The molecule has 0 aliphatic carbocycles. The van der Waals surface area contributed by atoms with Crippen LogP contribution in [0, 0.1) is 11.3 Å². The Bertz CT molecular complexity index is 556. The maximum Gasteiger partial charge on any atom is 0.143 e. The van der Waals surface area contributed by atoms with Gasteiger partial charge in [0.2, 0.25) is 0 Å². The van der Waals surface area contributed by atoms with Gasteiger partial charge >= 0.3 is 0 Å². The van der Waals surface area contributed by atoms with Crippen molar-refractivity contribution in [3.63, 3.8) is 0 Å². The van der Waals surface area contributed by atoms with Gasteiger partial charge in [0, 0.05) is 17.9 Å². The lowest BCUT2D eigenvalue weighted by Crippen LogP contribution is -2.24. The van der Waals surface area contributed by atoms with Crippen molar-refractivity contribution in [2.45, 2.75) is 39.5 Å². The highest BCUT2D eigenvalue weighted by Crippen LogP contribution is 2.31. The number of para-hydroxylation sites is 1. The number of nitrogens with one attached hydrogen (secondary N) is 1. The number of unbranched alkanes of at least 4 members (excludes halogenated alkanes) is 2. The van der Waals surface area contributed by atoms with Gasteiger partial charge in [0.1, 0.15) is 11.6 Å². The highest BCUT2D eigenvalue weighted by atomic mass is 35.5. The Balaban J connectivity index is 2.15. The minimum absolute atomic E-state index is 0.0733. The number of rotatable bonds is 5. The molecule has 1 heterocycles. The second-order valence-electron chi connectivity index (χ2n) is 5.51. The summed E-state index contributed by atoms with van der Waals surface area (Å²) in [4.78, 5) is 0. The summed E-state index contributed by atoms with van der Waals surface area (Å²) in [5.41, 5.74) is 1.47.